The number of nitrogens with zero attached hydrogens (tertiary/aromatic N) is 2. The Morgan fingerprint density at radius 3 is 2.54 bits per heavy atom. The SMILES string of the molecule is CCNC(=NCCCc1ccc(Cl)cc1)N1CCC(OCCCOC)CC1.I. The van der Waals surface area contributed by atoms with Crippen LogP contribution in [-0.2, 0) is 15.9 Å². The number of guanidine groups is 1. The fraction of sp³-hybridized carbons (Fsp3) is 0.667. The van der Waals surface area contributed by atoms with Crippen LogP contribution in [0.3, 0.4) is 0 Å². The molecule has 5 nitrogen and oxygen atoms in total. The van der Waals surface area contributed by atoms with Crippen LogP contribution in [0.5, 0.6) is 0 Å². The highest BCUT2D eigenvalue weighted by Gasteiger charge is 2.21. The molecule has 1 aliphatic heterocycles. The smallest absolute Gasteiger partial charge is 0.193 e. The van der Waals surface area contributed by atoms with Gasteiger partial charge >= 0.3 is 0 Å². The van der Waals surface area contributed by atoms with Gasteiger partial charge in [-0.15, -0.1) is 24.0 Å². The molecule has 0 aliphatic carbocycles. The predicted molar refractivity (Wildman–Crippen MR) is 128 cm³/mol. The van der Waals surface area contributed by atoms with Crippen LogP contribution in [-0.4, -0.2) is 63.5 Å². The third kappa shape index (κ3) is 9.76. The van der Waals surface area contributed by atoms with Crippen LogP contribution in [0.25, 0.3) is 0 Å². The van der Waals surface area contributed by atoms with E-state index in [1.165, 1.54) is 5.56 Å². The van der Waals surface area contributed by atoms with Gasteiger partial charge in [-0.2, -0.15) is 0 Å². The quantitative estimate of drug-likeness (QED) is 0.214. The van der Waals surface area contributed by atoms with Gasteiger partial charge in [0.1, 0.15) is 0 Å². The maximum absolute atomic E-state index is 5.95. The van der Waals surface area contributed by atoms with E-state index in [1.54, 1.807) is 7.11 Å². The second-order valence-corrected chi connectivity index (χ2v) is 7.31. The fourth-order valence-corrected chi connectivity index (χ4v) is 3.36. The number of rotatable bonds is 10. The highest BCUT2D eigenvalue weighted by atomic mass is 127. The second kappa shape index (κ2) is 15.3. The number of piperidine rings is 1. The lowest BCUT2D eigenvalue weighted by atomic mass is 10.1. The Balaban J connectivity index is 0.00000392. The molecule has 28 heavy (non-hydrogen) atoms. The molecule has 0 unspecified atom stereocenters. The van der Waals surface area contributed by atoms with Gasteiger partial charge in [-0.05, 0) is 56.7 Å². The first-order valence-corrected chi connectivity index (χ1v) is 10.5. The first-order chi connectivity index (χ1) is 13.2. The molecule has 160 valence electrons. The molecule has 0 atom stereocenters. The number of likely N-dealkylation sites (tertiary alicyclic amines) is 1. The highest BCUT2D eigenvalue weighted by Crippen LogP contribution is 2.15. The summed E-state index contributed by atoms with van der Waals surface area (Å²) in [4.78, 5) is 7.19. The van der Waals surface area contributed by atoms with Crippen LogP contribution < -0.4 is 5.32 Å². The minimum absolute atomic E-state index is 0. The molecule has 1 aromatic rings. The number of hydrogen-bond acceptors (Lipinski definition) is 3. The van der Waals surface area contributed by atoms with Crippen LogP contribution in [0.1, 0.15) is 38.2 Å². The molecule has 7 heteroatoms. The van der Waals surface area contributed by atoms with E-state index >= 15 is 0 Å². The van der Waals surface area contributed by atoms with E-state index in [9.17, 15) is 0 Å². The Bertz CT molecular complexity index is 549. The molecule has 0 radical (unpaired) electrons. The van der Waals surface area contributed by atoms with Crippen molar-refractivity contribution in [2.75, 3.05) is 46.5 Å². The van der Waals surface area contributed by atoms with Crippen molar-refractivity contribution in [3.05, 3.63) is 34.9 Å². The van der Waals surface area contributed by atoms with E-state index in [4.69, 9.17) is 26.1 Å². The zero-order chi connectivity index (χ0) is 19.3. The second-order valence-electron chi connectivity index (χ2n) is 6.87. The van der Waals surface area contributed by atoms with Crippen molar-refractivity contribution in [2.45, 2.75) is 45.1 Å². The topological polar surface area (TPSA) is 46.1 Å². The minimum atomic E-state index is 0. The normalized spacial score (nSPS) is 15.4. The van der Waals surface area contributed by atoms with Crippen LogP contribution in [0, 0.1) is 0 Å². The van der Waals surface area contributed by atoms with Crippen molar-refractivity contribution < 1.29 is 9.47 Å². The number of hydrogen-bond donors (Lipinski definition) is 1. The number of nitrogens with one attached hydrogen (secondary N) is 1. The van der Waals surface area contributed by atoms with Crippen LogP contribution in [0.15, 0.2) is 29.3 Å². The molecule has 0 amide bonds. The maximum atomic E-state index is 5.95. The van der Waals surface area contributed by atoms with Gasteiger partial charge in [-0.3, -0.25) is 4.99 Å². The molecular weight excluding hydrogens is 489 g/mol. The van der Waals surface area contributed by atoms with Crippen molar-refractivity contribution >= 4 is 41.5 Å². The molecule has 0 spiro atoms. The van der Waals surface area contributed by atoms with E-state index in [-0.39, 0.29) is 24.0 Å². The minimum Gasteiger partial charge on any atom is -0.385 e. The Labute approximate surface area is 192 Å². The van der Waals surface area contributed by atoms with Gasteiger partial charge in [0, 0.05) is 51.5 Å². The van der Waals surface area contributed by atoms with Gasteiger partial charge in [0.15, 0.2) is 5.96 Å². The Morgan fingerprint density at radius 1 is 1.18 bits per heavy atom. The maximum Gasteiger partial charge on any atom is 0.193 e. The fourth-order valence-electron chi connectivity index (χ4n) is 3.23. The van der Waals surface area contributed by atoms with Gasteiger partial charge < -0.3 is 19.7 Å². The zero-order valence-corrected chi connectivity index (χ0v) is 20.2. The molecule has 1 aliphatic rings. The van der Waals surface area contributed by atoms with E-state index in [2.05, 4.69) is 29.3 Å². The Hall–Kier alpha value is -0.570. The number of aliphatic imine (C=N–C) groups is 1. The average molecular weight is 524 g/mol. The number of benzene rings is 1. The lowest BCUT2D eigenvalue weighted by molar-refractivity contribution is 0.00990. The van der Waals surface area contributed by atoms with Gasteiger partial charge in [-0.1, -0.05) is 23.7 Å². The number of halogens is 2. The van der Waals surface area contributed by atoms with E-state index < -0.39 is 0 Å². The Kier molecular flexibility index (Phi) is 13.9. The molecule has 1 fully saturated rings. The van der Waals surface area contributed by atoms with Crippen molar-refractivity contribution in [3.63, 3.8) is 0 Å². The summed E-state index contributed by atoms with van der Waals surface area (Å²) < 4.78 is 11.0. The van der Waals surface area contributed by atoms with Crippen molar-refractivity contribution in [3.8, 4) is 0 Å². The van der Waals surface area contributed by atoms with Crippen LogP contribution in [0.2, 0.25) is 5.02 Å². The van der Waals surface area contributed by atoms with Gasteiger partial charge in [-0.25, -0.2) is 0 Å². The molecule has 0 aromatic heterocycles. The zero-order valence-electron chi connectivity index (χ0n) is 17.2. The summed E-state index contributed by atoms with van der Waals surface area (Å²) in [6.07, 6.45) is 5.51. The number of methoxy groups -OCH3 is 1. The molecule has 0 bridgehead atoms. The summed E-state index contributed by atoms with van der Waals surface area (Å²) in [5, 5.41) is 4.22. The highest BCUT2D eigenvalue weighted by molar-refractivity contribution is 14.0. The van der Waals surface area contributed by atoms with Gasteiger partial charge in [0.25, 0.3) is 0 Å². The third-order valence-corrected chi connectivity index (χ3v) is 4.97. The van der Waals surface area contributed by atoms with E-state index in [1.807, 2.05) is 12.1 Å². The summed E-state index contributed by atoms with van der Waals surface area (Å²) in [7, 11) is 1.73. The molecule has 2 rings (SSSR count). The first-order valence-electron chi connectivity index (χ1n) is 10.1. The summed E-state index contributed by atoms with van der Waals surface area (Å²) in [5.41, 5.74) is 1.31. The predicted octanol–water partition coefficient (Wildman–Crippen LogP) is 4.37. The van der Waals surface area contributed by atoms with Crippen molar-refractivity contribution in [1.82, 2.24) is 10.2 Å². The van der Waals surface area contributed by atoms with Gasteiger partial charge in [0.05, 0.1) is 6.10 Å². The molecule has 1 aromatic carbocycles. The summed E-state index contributed by atoms with van der Waals surface area (Å²) >= 11 is 5.94. The third-order valence-electron chi connectivity index (χ3n) is 4.72. The molecule has 1 N–H and O–H groups in total. The van der Waals surface area contributed by atoms with Crippen molar-refractivity contribution in [2.24, 2.45) is 4.99 Å². The van der Waals surface area contributed by atoms with Crippen LogP contribution >= 0.6 is 35.6 Å². The van der Waals surface area contributed by atoms with Gasteiger partial charge in [0.2, 0.25) is 0 Å². The Morgan fingerprint density at radius 2 is 1.89 bits per heavy atom. The first kappa shape index (κ1) is 25.5. The lowest BCUT2D eigenvalue weighted by Gasteiger charge is -2.34. The summed E-state index contributed by atoms with van der Waals surface area (Å²) in [6, 6.07) is 8.08. The number of aryl methyl sites for hydroxylation is 1. The summed E-state index contributed by atoms with van der Waals surface area (Å²) in [5.74, 6) is 1.03. The monoisotopic (exact) mass is 523 g/mol. The van der Waals surface area contributed by atoms with Crippen LogP contribution in [0.4, 0.5) is 0 Å². The number of ether oxygens (including phenoxy) is 2. The molecule has 0 saturated carbocycles. The largest absolute Gasteiger partial charge is 0.385 e. The molecule has 1 saturated heterocycles. The standard InChI is InChI=1S/C21H34ClN3O2.HI/c1-3-23-21(24-13-4-6-18-7-9-19(22)10-8-18)25-14-11-20(12-15-25)27-17-5-16-26-2;/h7-10,20H,3-6,11-17H2,1-2H3,(H,23,24);1H. The summed E-state index contributed by atoms with van der Waals surface area (Å²) in [6.45, 7) is 7.40. The lowest BCUT2D eigenvalue weighted by Crippen LogP contribution is -2.47. The van der Waals surface area contributed by atoms with Crippen molar-refractivity contribution in [1.29, 1.82) is 0 Å². The molecular formula is C21H35ClIN3O2. The molecule has 1 heterocycles. The average Bonchev–Trinajstić information content (AvgIpc) is 2.69. The van der Waals surface area contributed by atoms with E-state index in [0.717, 1.165) is 82.5 Å². The van der Waals surface area contributed by atoms with E-state index in [0.29, 0.717) is 6.10 Å².